The van der Waals surface area contributed by atoms with Crippen molar-refractivity contribution < 1.29 is 4.79 Å². The number of para-hydroxylation sites is 1. The molecule has 7 heteroatoms. The summed E-state index contributed by atoms with van der Waals surface area (Å²) in [7, 11) is 0. The molecule has 0 radical (unpaired) electrons. The van der Waals surface area contributed by atoms with Crippen molar-refractivity contribution in [3.63, 3.8) is 0 Å². The average Bonchev–Trinajstić information content (AvgIpc) is 3.19. The molecular formula is C18H13ClN4OS. The number of benzene rings is 2. The minimum absolute atomic E-state index is 0.283. The van der Waals surface area contributed by atoms with Crippen molar-refractivity contribution in [2.24, 2.45) is 0 Å². The van der Waals surface area contributed by atoms with E-state index in [1.807, 2.05) is 55.5 Å². The van der Waals surface area contributed by atoms with Crippen LogP contribution in [0.4, 0.5) is 5.13 Å². The zero-order chi connectivity index (χ0) is 17.4. The van der Waals surface area contributed by atoms with Gasteiger partial charge in [0.15, 0.2) is 10.8 Å². The first-order valence-electron chi connectivity index (χ1n) is 7.59. The van der Waals surface area contributed by atoms with Gasteiger partial charge in [-0.25, -0.2) is 4.98 Å². The highest BCUT2D eigenvalue weighted by Gasteiger charge is 2.17. The standard InChI is InChI=1S/C18H13ClN4OS/c1-10-15(11-6-8-12(19)9-7-11)20-18(25-10)21-17(24)16-13-4-2-3-5-14(13)22-23-16/h2-9H,1H3,(H,22,23)(H,20,21,24). The van der Waals surface area contributed by atoms with E-state index >= 15 is 0 Å². The van der Waals surface area contributed by atoms with Crippen molar-refractivity contribution in [2.45, 2.75) is 6.92 Å². The fourth-order valence-electron chi connectivity index (χ4n) is 2.62. The van der Waals surface area contributed by atoms with Gasteiger partial charge in [0.2, 0.25) is 0 Å². The highest BCUT2D eigenvalue weighted by Crippen LogP contribution is 2.31. The molecule has 2 aromatic carbocycles. The van der Waals surface area contributed by atoms with Crippen LogP contribution < -0.4 is 5.32 Å². The highest BCUT2D eigenvalue weighted by molar-refractivity contribution is 7.16. The van der Waals surface area contributed by atoms with Crippen LogP contribution in [-0.2, 0) is 0 Å². The summed E-state index contributed by atoms with van der Waals surface area (Å²) in [5.41, 5.74) is 2.98. The van der Waals surface area contributed by atoms with Crippen LogP contribution in [0.25, 0.3) is 22.2 Å². The summed E-state index contributed by atoms with van der Waals surface area (Å²) in [4.78, 5) is 18.1. The number of thiazole rings is 1. The van der Waals surface area contributed by atoms with Crippen molar-refractivity contribution in [3.05, 3.63) is 64.1 Å². The monoisotopic (exact) mass is 368 g/mol. The van der Waals surface area contributed by atoms with Gasteiger partial charge in [0.05, 0.1) is 11.2 Å². The van der Waals surface area contributed by atoms with Gasteiger partial charge in [-0.2, -0.15) is 5.10 Å². The summed E-state index contributed by atoms with van der Waals surface area (Å²) in [6.45, 7) is 1.97. The summed E-state index contributed by atoms with van der Waals surface area (Å²) < 4.78 is 0. The third-order valence-electron chi connectivity index (χ3n) is 3.82. The van der Waals surface area contributed by atoms with E-state index in [0.29, 0.717) is 15.8 Å². The predicted octanol–water partition coefficient (Wildman–Crippen LogP) is 4.90. The van der Waals surface area contributed by atoms with Gasteiger partial charge in [0.1, 0.15) is 0 Å². The SMILES string of the molecule is Cc1sc(NC(=O)c2n[nH]c3ccccc23)nc1-c1ccc(Cl)cc1. The fourth-order valence-corrected chi connectivity index (χ4v) is 3.58. The number of hydrogen-bond donors (Lipinski definition) is 2. The lowest BCUT2D eigenvalue weighted by Crippen LogP contribution is -2.12. The molecule has 0 atom stereocenters. The normalized spacial score (nSPS) is 11.0. The van der Waals surface area contributed by atoms with Gasteiger partial charge in [-0.05, 0) is 25.1 Å². The van der Waals surface area contributed by atoms with Crippen molar-refractivity contribution in [1.82, 2.24) is 15.2 Å². The number of hydrogen-bond acceptors (Lipinski definition) is 4. The number of carbonyl (C=O) groups is 1. The molecule has 0 aliphatic rings. The molecule has 25 heavy (non-hydrogen) atoms. The number of aromatic amines is 1. The Balaban J connectivity index is 1.62. The molecule has 5 nitrogen and oxygen atoms in total. The molecule has 0 saturated heterocycles. The quantitative estimate of drug-likeness (QED) is 0.540. The summed E-state index contributed by atoms with van der Waals surface area (Å²) in [6.07, 6.45) is 0. The largest absolute Gasteiger partial charge is 0.296 e. The minimum atomic E-state index is -0.283. The molecule has 4 aromatic rings. The van der Waals surface area contributed by atoms with Crippen molar-refractivity contribution in [3.8, 4) is 11.3 Å². The number of amides is 1. The predicted molar refractivity (Wildman–Crippen MR) is 101 cm³/mol. The zero-order valence-corrected chi connectivity index (χ0v) is 14.8. The molecule has 0 aliphatic heterocycles. The van der Waals surface area contributed by atoms with Gasteiger partial charge in [-0.3, -0.25) is 15.2 Å². The van der Waals surface area contributed by atoms with E-state index in [9.17, 15) is 4.79 Å². The first-order valence-corrected chi connectivity index (χ1v) is 8.79. The second-order valence-corrected chi connectivity index (χ2v) is 7.14. The number of halogens is 1. The molecular weight excluding hydrogens is 356 g/mol. The van der Waals surface area contributed by atoms with Crippen LogP contribution in [0, 0.1) is 6.92 Å². The first kappa shape index (κ1) is 15.8. The van der Waals surface area contributed by atoms with E-state index in [4.69, 9.17) is 11.6 Å². The van der Waals surface area contributed by atoms with E-state index in [1.165, 1.54) is 11.3 Å². The number of aromatic nitrogens is 3. The fraction of sp³-hybridized carbons (Fsp3) is 0.0556. The van der Waals surface area contributed by atoms with E-state index in [2.05, 4.69) is 20.5 Å². The Hall–Kier alpha value is -2.70. The second-order valence-electron chi connectivity index (χ2n) is 5.50. The summed E-state index contributed by atoms with van der Waals surface area (Å²) >= 11 is 7.36. The number of H-pyrrole nitrogens is 1. The van der Waals surface area contributed by atoms with E-state index < -0.39 is 0 Å². The van der Waals surface area contributed by atoms with Crippen LogP contribution in [0.3, 0.4) is 0 Å². The molecule has 0 aliphatic carbocycles. The Kier molecular flexibility index (Phi) is 3.99. The van der Waals surface area contributed by atoms with Gasteiger partial charge < -0.3 is 0 Å². The second kappa shape index (κ2) is 6.31. The molecule has 2 N–H and O–H groups in total. The summed E-state index contributed by atoms with van der Waals surface area (Å²) in [5, 5.41) is 11.8. The molecule has 0 saturated carbocycles. The van der Waals surface area contributed by atoms with Crippen molar-refractivity contribution in [1.29, 1.82) is 0 Å². The maximum atomic E-state index is 12.5. The Morgan fingerprint density at radius 3 is 2.72 bits per heavy atom. The Labute approximate surface area is 152 Å². The van der Waals surface area contributed by atoms with Gasteiger partial charge in [-0.15, -0.1) is 11.3 Å². The molecule has 4 rings (SSSR count). The Morgan fingerprint density at radius 2 is 1.92 bits per heavy atom. The van der Waals surface area contributed by atoms with Gasteiger partial charge >= 0.3 is 0 Å². The number of fused-ring (bicyclic) bond motifs is 1. The molecule has 0 bridgehead atoms. The van der Waals surface area contributed by atoms with Crippen LogP contribution in [-0.4, -0.2) is 21.1 Å². The van der Waals surface area contributed by atoms with Crippen LogP contribution in [0.1, 0.15) is 15.4 Å². The average molecular weight is 369 g/mol. The summed E-state index contributed by atoms with van der Waals surface area (Å²) in [6, 6.07) is 15.0. The van der Waals surface area contributed by atoms with Gasteiger partial charge in [-0.1, -0.05) is 41.9 Å². The van der Waals surface area contributed by atoms with Gasteiger partial charge in [0, 0.05) is 20.8 Å². The maximum absolute atomic E-state index is 12.5. The van der Waals surface area contributed by atoms with Crippen molar-refractivity contribution >= 4 is 44.9 Å². The third-order valence-corrected chi connectivity index (χ3v) is 4.96. The zero-order valence-electron chi connectivity index (χ0n) is 13.2. The molecule has 0 spiro atoms. The number of anilines is 1. The number of nitrogens with one attached hydrogen (secondary N) is 2. The lowest BCUT2D eigenvalue weighted by molar-refractivity contribution is 0.102. The Morgan fingerprint density at radius 1 is 1.16 bits per heavy atom. The topological polar surface area (TPSA) is 70.7 Å². The molecule has 2 heterocycles. The molecule has 1 amide bonds. The lowest BCUT2D eigenvalue weighted by Gasteiger charge is -1.99. The van der Waals surface area contributed by atoms with Crippen LogP contribution in [0.5, 0.6) is 0 Å². The van der Waals surface area contributed by atoms with Gasteiger partial charge in [0.25, 0.3) is 5.91 Å². The van der Waals surface area contributed by atoms with E-state index in [-0.39, 0.29) is 5.91 Å². The lowest BCUT2D eigenvalue weighted by atomic mass is 10.1. The molecule has 124 valence electrons. The smallest absolute Gasteiger partial charge is 0.278 e. The molecule has 0 unspecified atom stereocenters. The number of nitrogens with zero attached hydrogens (tertiary/aromatic N) is 2. The maximum Gasteiger partial charge on any atom is 0.278 e. The third kappa shape index (κ3) is 3.01. The molecule has 0 fully saturated rings. The van der Waals surface area contributed by atoms with Crippen LogP contribution in [0.2, 0.25) is 5.02 Å². The Bertz CT molecular complexity index is 1070. The number of carbonyl (C=O) groups excluding carboxylic acids is 1. The van der Waals surface area contributed by atoms with Crippen molar-refractivity contribution in [2.75, 3.05) is 5.32 Å². The first-order chi connectivity index (χ1) is 12.1. The molecule has 2 aromatic heterocycles. The van der Waals surface area contributed by atoms with E-state index in [1.54, 1.807) is 0 Å². The minimum Gasteiger partial charge on any atom is -0.296 e. The number of aryl methyl sites for hydroxylation is 1. The number of rotatable bonds is 3. The van der Waals surface area contributed by atoms with Crippen LogP contribution >= 0.6 is 22.9 Å². The van der Waals surface area contributed by atoms with Crippen LogP contribution in [0.15, 0.2) is 48.5 Å². The van der Waals surface area contributed by atoms with E-state index in [0.717, 1.165) is 27.0 Å². The summed E-state index contributed by atoms with van der Waals surface area (Å²) in [5.74, 6) is -0.283. The highest BCUT2D eigenvalue weighted by atomic mass is 35.5.